The molecule has 0 radical (unpaired) electrons. The van der Waals surface area contributed by atoms with E-state index in [4.69, 9.17) is 5.11 Å². The van der Waals surface area contributed by atoms with E-state index in [9.17, 15) is 29.9 Å². The lowest BCUT2D eigenvalue weighted by molar-refractivity contribution is -0.386. The van der Waals surface area contributed by atoms with E-state index in [1.807, 2.05) is 0 Å². The second-order valence-electron chi connectivity index (χ2n) is 5.18. The first-order valence-electron chi connectivity index (χ1n) is 7.35. The molecule has 2 rings (SSSR count). The number of carbonyl (C=O) groups excluding carboxylic acids is 2. The molecule has 0 aliphatic rings. The van der Waals surface area contributed by atoms with Gasteiger partial charge < -0.3 is 26.0 Å². The Morgan fingerprint density at radius 3 is 2.00 bits per heavy atom. The van der Waals surface area contributed by atoms with Gasteiger partial charge in [-0.3, -0.25) is 19.7 Å². The lowest BCUT2D eigenvalue weighted by Gasteiger charge is -2.08. The van der Waals surface area contributed by atoms with Crippen LogP contribution in [0.15, 0.2) is 36.4 Å². The van der Waals surface area contributed by atoms with Crippen molar-refractivity contribution in [2.45, 2.75) is 0 Å². The van der Waals surface area contributed by atoms with Crippen LogP contribution in [0.5, 0.6) is 17.2 Å². The summed E-state index contributed by atoms with van der Waals surface area (Å²) in [5, 5.41) is 43.7. The van der Waals surface area contributed by atoms with Crippen LogP contribution in [0.1, 0.15) is 20.7 Å². The summed E-state index contributed by atoms with van der Waals surface area (Å²) in [5.74, 6) is -2.81. The smallest absolute Gasteiger partial charge is 0.315 e. The normalized spacial score (nSPS) is 10.2. The number of nitro groups is 1. The minimum absolute atomic E-state index is 0.0259. The summed E-state index contributed by atoms with van der Waals surface area (Å²) in [7, 11) is 0. The van der Waals surface area contributed by atoms with Crippen LogP contribution < -0.4 is 10.6 Å². The minimum Gasteiger partial charge on any atom is -0.508 e. The summed E-state index contributed by atoms with van der Waals surface area (Å²) in [5.41, 5.74) is -0.680. The van der Waals surface area contributed by atoms with E-state index in [1.165, 1.54) is 24.3 Å². The van der Waals surface area contributed by atoms with Crippen molar-refractivity contribution in [1.82, 2.24) is 10.6 Å². The first kappa shape index (κ1) is 18.5. The molecule has 0 bridgehead atoms. The molecule has 0 aromatic heterocycles. The Hall–Kier alpha value is -3.82. The van der Waals surface area contributed by atoms with E-state index in [-0.39, 0.29) is 24.4 Å². The van der Waals surface area contributed by atoms with E-state index >= 15 is 0 Å². The first-order chi connectivity index (χ1) is 12.3. The van der Waals surface area contributed by atoms with Crippen LogP contribution in [0, 0.1) is 10.1 Å². The first-order valence-corrected chi connectivity index (χ1v) is 7.35. The molecular formula is C16H15N3O7. The topological polar surface area (TPSA) is 162 Å². The van der Waals surface area contributed by atoms with Gasteiger partial charge in [0, 0.05) is 24.7 Å². The summed E-state index contributed by atoms with van der Waals surface area (Å²) in [6, 6.07) is 7.32. The average Bonchev–Trinajstić information content (AvgIpc) is 2.60. The third kappa shape index (κ3) is 4.38. The van der Waals surface area contributed by atoms with Gasteiger partial charge in [-0.2, -0.15) is 0 Å². The lowest BCUT2D eigenvalue weighted by atomic mass is 10.1. The van der Waals surface area contributed by atoms with Crippen molar-refractivity contribution in [2.24, 2.45) is 0 Å². The minimum atomic E-state index is -0.927. The molecule has 0 saturated carbocycles. The van der Waals surface area contributed by atoms with Crippen molar-refractivity contribution in [3.63, 3.8) is 0 Å². The number of phenols is 3. The van der Waals surface area contributed by atoms with Gasteiger partial charge in [0.15, 0.2) is 5.75 Å². The van der Waals surface area contributed by atoms with Gasteiger partial charge in [0.05, 0.1) is 10.5 Å². The number of phenolic OH excluding ortho intramolecular Hbond substituents is 3. The molecular weight excluding hydrogens is 346 g/mol. The van der Waals surface area contributed by atoms with Crippen molar-refractivity contribution < 1.29 is 29.8 Å². The Labute approximate surface area is 146 Å². The van der Waals surface area contributed by atoms with Gasteiger partial charge in [0.25, 0.3) is 11.8 Å². The summed E-state index contributed by atoms with van der Waals surface area (Å²) in [6.07, 6.45) is 0. The predicted octanol–water partition coefficient (Wildman–Crippen LogP) is 0.871. The molecule has 0 atom stereocenters. The summed E-state index contributed by atoms with van der Waals surface area (Å²) in [6.45, 7) is 0.107. The molecule has 26 heavy (non-hydrogen) atoms. The molecule has 0 saturated heterocycles. The number of carbonyl (C=O) groups is 2. The van der Waals surface area contributed by atoms with Gasteiger partial charge >= 0.3 is 5.69 Å². The van der Waals surface area contributed by atoms with E-state index in [1.54, 1.807) is 0 Å². The molecule has 136 valence electrons. The highest BCUT2D eigenvalue weighted by Gasteiger charge is 2.21. The summed E-state index contributed by atoms with van der Waals surface area (Å²) < 4.78 is 0. The van der Waals surface area contributed by atoms with E-state index < -0.39 is 33.9 Å². The number of nitro benzene ring substituents is 1. The van der Waals surface area contributed by atoms with Crippen molar-refractivity contribution in [3.05, 3.63) is 57.6 Å². The number of benzene rings is 2. The Morgan fingerprint density at radius 1 is 0.923 bits per heavy atom. The van der Waals surface area contributed by atoms with Gasteiger partial charge in [-0.1, -0.05) is 0 Å². The van der Waals surface area contributed by atoms with Crippen molar-refractivity contribution in [1.29, 1.82) is 0 Å². The van der Waals surface area contributed by atoms with Crippen molar-refractivity contribution in [2.75, 3.05) is 13.1 Å². The fourth-order valence-electron chi connectivity index (χ4n) is 2.04. The van der Waals surface area contributed by atoms with Crippen LogP contribution in [0.2, 0.25) is 0 Å². The second-order valence-corrected chi connectivity index (χ2v) is 5.18. The molecule has 2 amide bonds. The summed E-state index contributed by atoms with van der Waals surface area (Å²) >= 11 is 0. The molecule has 0 heterocycles. The van der Waals surface area contributed by atoms with Crippen LogP contribution in [-0.4, -0.2) is 45.1 Å². The van der Waals surface area contributed by atoms with Gasteiger partial charge in [-0.25, -0.2) is 0 Å². The summed E-state index contributed by atoms with van der Waals surface area (Å²) in [4.78, 5) is 33.7. The molecule has 2 aromatic carbocycles. The molecule has 2 aromatic rings. The highest BCUT2D eigenvalue weighted by Crippen LogP contribution is 2.35. The Kier molecular flexibility index (Phi) is 5.58. The number of aromatic hydroxyl groups is 3. The number of amides is 2. The number of nitrogens with one attached hydrogen (secondary N) is 2. The largest absolute Gasteiger partial charge is 0.508 e. The fourth-order valence-corrected chi connectivity index (χ4v) is 2.04. The quantitative estimate of drug-likeness (QED) is 0.221. The highest BCUT2D eigenvalue weighted by atomic mass is 16.6. The lowest BCUT2D eigenvalue weighted by Crippen LogP contribution is -2.34. The van der Waals surface area contributed by atoms with Crippen LogP contribution in [-0.2, 0) is 0 Å². The Morgan fingerprint density at radius 2 is 1.46 bits per heavy atom. The maximum absolute atomic E-state index is 12.0. The molecule has 0 aliphatic heterocycles. The second kappa shape index (κ2) is 7.83. The molecule has 0 spiro atoms. The number of nitrogens with zero attached hydrogens (tertiary/aromatic N) is 1. The van der Waals surface area contributed by atoms with Crippen LogP contribution in [0.4, 0.5) is 5.69 Å². The highest BCUT2D eigenvalue weighted by molar-refractivity contribution is 5.96. The maximum atomic E-state index is 12.0. The zero-order valence-corrected chi connectivity index (χ0v) is 13.3. The molecule has 0 unspecified atom stereocenters. The van der Waals surface area contributed by atoms with E-state index in [0.29, 0.717) is 5.56 Å². The number of rotatable bonds is 6. The van der Waals surface area contributed by atoms with Gasteiger partial charge in [0.2, 0.25) is 5.75 Å². The van der Waals surface area contributed by atoms with E-state index in [0.717, 1.165) is 12.1 Å². The zero-order chi connectivity index (χ0) is 19.3. The monoisotopic (exact) mass is 361 g/mol. The predicted molar refractivity (Wildman–Crippen MR) is 89.2 cm³/mol. The number of hydrogen-bond donors (Lipinski definition) is 5. The van der Waals surface area contributed by atoms with Gasteiger partial charge in [0.1, 0.15) is 5.75 Å². The molecule has 0 fully saturated rings. The van der Waals surface area contributed by atoms with Crippen LogP contribution in [0.25, 0.3) is 0 Å². The Balaban J connectivity index is 1.90. The van der Waals surface area contributed by atoms with Gasteiger partial charge in [-0.05, 0) is 30.3 Å². The SMILES string of the molecule is O=C(NCCNC(=O)c1cc(O)c(O)c([N+](=O)[O-])c1)c1ccc(O)cc1. The van der Waals surface area contributed by atoms with Crippen molar-refractivity contribution >= 4 is 17.5 Å². The third-order valence-corrected chi connectivity index (χ3v) is 3.35. The molecule has 10 heteroatoms. The molecule has 10 nitrogen and oxygen atoms in total. The van der Waals surface area contributed by atoms with Crippen LogP contribution >= 0.6 is 0 Å². The third-order valence-electron chi connectivity index (χ3n) is 3.35. The zero-order valence-electron chi connectivity index (χ0n) is 13.3. The van der Waals surface area contributed by atoms with Crippen molar-refractivity contribution in [3.8, 4) is 17.2 Å². The fraction of sp³-hybridized carbons (Fsp3) is 0.125. The maximum Gasteiger partial charge on any atom is 0.315 e. The molecule has 0 aliphatic carbocycles. The standard InChI is InChI=1S/C16H15N3O7/c20-11-3-1-9(2-4-11)15(23)17-5-6-18-16(24)10-7-12(19(25)26)14(22)13(21)8-10/h1-4,7-8,20-22H,5-6H2,(H,17,23)(H,18,24). The average molecular weight is 361 g/mol. The Bertz CT molecular complexity index is 850. The van der Waals surface area contributed by atoms with E-state index in [2.05, 4.69) is 10.6 Å². The van der Waals surface area contributed by atoms with Gasteiger partial charge in [-0.15, -0.1) is 0 Å². The number of hydrogen-bond acceptors (Lipinski definition) is 7. The van der Waals surface area contributed by atoms with Crippen LogP contribution in [0.3, 0.4) is 0 Å². The molecule has 5 N–H and O–H groups in total.